The van der Waals surface area contributed by atoms with E-state index in [-0.39, 0.29) is 0 Å². The molecule has 1 fully saturated rings. The van der Waals surface area contributed by atoms with Crippen LogP contribution in [0.1, 0.15) is 44.0 Å². The van der Waals surface area contributed by atoms with E-state index in [0.717, 1.165) is 23.0 Å². The van der Waals surface area contributed by atoms with Gasteiger partial charge in [-0.15, -0.1) is 0 Å². The van der Waals surface area contributed by atoms with Crippen molar-refractivity contribution in [3.63, 3.8) is 0 Å². The summed E-state index contributed by atoms with van der Waals surface area (Å²) in [6.07, 6.45) is 2.59. The van der Waals surface area contributed by atoms with Gasteiger partial charge < -0.3 is 0 Å². The fourth-order valence-electron chi connectivity index (χ4n) is 1.76. The molecule has 1 aliphatic carbocycles. The Morgan fingerprint density at radius 1 is 1.18 bits per heavy atom. The normalized spacial score (nSPS) is 14.1. The highest BCUT2D eigenvalue weighted by molar-refractivity contribution is 5.54. The number of rotatable bonds is 2. The molecule has 2 heterocycles. The first-order chi connectivity index (χ1) is 8.33. The van der Waals surface area contributed by atoms with E-state index in [0.29, 0.717) is 0 Å². The number of nitrogens with zero attached hydrogens (tertiary/aromatic N) is 2. The van der Waals surface area contributed by atoms with Crippen LogP contribution >= 0.6 is 0 Å². The Hall–Kier alpha value is -1.64. The molecule has 3 heteroatoms. The van der Waals surface area contributed by atoms with E-state index in [9.17, 15) is 0 Å². The monoisotopic (exact) mass is 229 g/mol. The number of hydrogen-bond donors (Lipinski definition) is 1. The summed E-state index contributed by atoms with van der Waals surface area (Å²) in [6.45, 7) is 6.00. The van der Waals surface area contributed by atoms with Gasteiger partial charge in [-0.3, -0.25) is 10.1 Å². The second kappa shape index (κ2) is 5.13. The van der Waals surface area contributed by atoms with Crippen molar-refractivity contribution in [2.24, 2.45) is 0 Å². The molecular formula is C14H19N3. The van der Waals surface area contributed by atoms with Gasteiger partial charge in [0.1, 0.15) is 5.69 Å². The third-order valence-corrected chi connectivity index (χ3v) is 2.77. The molecule has 1 N–H and O–H groups in total. The maximum atomic E-state index is 4.45. The number of pyridine rings is 1. The summed E-state index contributed by atoms with van der Waals surface area (Å²) < 4.78 is 0. The van der Waals surface area contributed by atoms with Crippen LogP contribution in [0.25, 0.3) is 11.4 Å². The average molecular weight is 229 g/mol. The first kappa shape index (κ1) is 11.8. The molecule has 1 aliphatic rings. The zero-order valence-electron chi connectivity index (χ0n) is 10.7. The zero-order valence-corrected chi connectivity index (χ0v) is 10.7. The zero-order chi connectivity index (χ0) is 12.3. The quantitative estimate of drug-likeness (QED) is 0.853. The van der Waals surface area contributed by atoms with Crippen LogP contribution in [0.4, 0.5) is 0 Å². The molecular weight excluding hydrogens is 210 g/mol. The van der Waals surface area contributed by atoms with E-state index in [1.807, 2.05) is 39.0 Å². The van der Waals surface area contributed by atoms with Gasteiger partial charge in [-0.2, -0.15) is 5.10 Å². The largest absolute Gasteiger partial charge is 0.282 e. The summed E-state index contributed by atoms with van der Waals surface area (Å²) in [5.74, 6) is 0.719. The lowest BCUT2D eigenvalue weighted by atomic mass is 10.2. The minimum atomic E-state index is 0.719. The Bertz CT molecular complexity index is 484. The van der Waals surface area contributed by atoms with Crippen molar-refractivity contribution < 1.29 is 0 Å². The number of nitrogens with one attached hydrogen (secondary N) is 1. The standard InChI is InChI=1S/C12H13N3.C2H6/c1-8-3-2-4-10(13-8)12-7-11(14-15-12)9-5-6-9;1-2/h2-4,7,9H,5-6H2,1H3,(H,14,15);1-2H3. The molecule has 0 spiro atoms. The molecule has 3 nitrogen and oxygen atoms in total. The van der Waals surface area contributed by atoms with Crippen molar-refractivity contribution >= 4 is 0 Å². The van der Waals surface area contributed by atoms with E-state index >= 15 is 0 Å². The lowest BCUT2D eigenvalue weighted by Gasteiger charge is -1.95. The first-order valence-electron chi connectivity index (χ1n) is 6.32. The van der Waals surface area contributed by atoms with Gasteiger partial charge in [0.25, 0.3) is 0 Å². The van der Waals surface area contributed by atoms with Gasteiger partial charge in [-0.25, -0.2) is 0 Å². The fourth-order valence-corrected chi connectivity index (χ4v) is 1.76. The Morgan fingerprint density at radius 2 is 1.94 bits per heavy atom. The number of aromatic nitrogens is 3. The van der Waals surface area contributed by atoms with Gasteiger partial charge in [0, 0.05) is 17.3 Å². The fraction of sp³-hybridized carbons (Fsp3) is 0.429. The SMILES string of the molecule is CC.Cc1cccc(-c2cc(C3CC3)[nH]n2)n1. The Balaban J connectivity index is 0.000000514. The highest BCUT2D eigenvalue weighted by Gasteiger charge is 2.25. The number of aromatic amines is 1. The van der Waals surface area contributed by atoms with Crippen LogP contribution in [-0.4, -0.2) is 15.2 Å². The molecule has 0 atom stereocenters. The van der Waals surface area contributed by atoms with Crippen molar-refractivity contribution in [2.45, 2.75) is 39.5 Å². The smallest absolute Gasteiger partial charge is 0.111 e. The lowest BCUT2D eigenvalue weighted by molar-refractivity contribution is 0.965. The minimum absolute atomic E-state index is 0.719. The molecule has 0 aliphatic heterocycles. The molecule has 0 saturated heterocycles. The summed E-state index contributed by atoms with van der Waals surface area (Å²) >= 11 is 0. The molecule has 0 unspecified atom stereocenters. The highest BCUT2D eigenvalue weighted by Crippen LogP contribution is 2.39. The van der Waals surface area contributed by atoms with Gasteiger partial charge in [-0.1, -0.05) is 19.9 Å². The van der Waals surface area contributed by atoms with Gasteiger partial charge >= 0.3 is 0 Å². The van der Waals surface area contributed by atoms with Crippen LogP contribution in [0, 0.1) is 6.92 Å². The van der Waals surface area contributed by atoms with Crippen LogP contribution in [0.5, 0.6) is 0 Å². The minimum Gasteiger partial charge on any atom is -0.282 e. The molecule has 0 aromatic carbocycles. The van der Waals surface area contributed by atoms with Crippen LogP contribution in [0.15, 0.2) is 24.3 Å². The van der Waals surface area contributed by atoms with Crippen LogP contribution in [0.3, 0.4) is 0 Å². The second-order valence-electron chi connectivity index (χ2n) is 4.15. The van der Waals surface area contributed by atoms with E-state index in [1.54, 1.807) is 0 Å². The summed E-state index contributed by atoms with van der Waals surface area (Å²) in [4.78, 5) is 4.45. The Kier molecular flexibility index (Phi) is 3.57. The Morgan fingerprint density at radius 3 is 2.59 bits per heavy atom. The molecule has 0 radical (unpaired) electrons. The maximum absolute atomic E-state index is 4.45. The van der Waals surface area contributed by atoms with E-state index in [1.165, 1.54) is 18.5 Å². The molecule has 1 saturated carbocycles. The van der Waals surface area contributed by atoms with E-state index in [4.69, 9.17) is 0 Å². The van der Waals surface area contributed by atoms with Crippen LogP contribution < -0.4 is 0 Å². The molecule has 2 aromatic heterocycles. The molecule has 2 aromatic rings. The molecule has 3 rings (SSSR count). The first-order valence-corrected chi connectivity index (χ1v) is 6.32. The van der Waals surface area contributed by atoms with Crippen molar-refractivity contribution in [2.75, 3.05) is 0 Å². The molecule has 0 amide bonds. The highest BCUT2D eigenvalue weighted by atomic mass is 15.1. The summed E-state index contributed by atoms with van der Waals surface area (Å²) in [6, 6.07) is 8.14. The predicted octanol–water partition coefficient (Wildman–Crippen LogP) is 3.68. The van der Waals surface area contributed by atoms with Gasteiger partial charge in [0.05, 0.1) is 5.69 Å². The molecule has 90 valence electrons. The summed E-state index contributed by atoms with van der Waals surface area (Å²) in [7, 11) is 0. The Labute approximate surface area is 102 Å². The molecule has 0 bridgehead atoms. The number of hydrogen-bond acceptors (Lipinski definition) is 2. The molecule has 17 heavy (non-hydrogen) atoms. The number of aryl methyl sites for hydroxylation is 1. The van der Waals surface area contributed by atoms with Crippen LogP contribution in [-0.2, 0) is 0 Å². The predicted molar refractivity (Wildman–Crippen MR) is 69.9 cm³/mol. The van der Waals surface area contributed by atoms with Crippen molar-refractivity contribution in [1.82, 2.24) is 15.2 Å². The second-order valence-corrected chi connectivity index (χ2v) is 4.15. The summed E-state index contributed by atoms with van der Waals surface area (Å²) in [5, 5.41) is 7.40. The summed E-state index contributed by atoms with van der Waals surface area (Å²) in [5.41, 5.74) is 4.20. The van der Waals surface area contributed by atoms with Crippen LogP contribution in [0.2, 0.25) is 0 Å². The maximum Gasteiger partial charge on any atom is 0.111 e. The van der Waals surface area contributed by atoms with Gasteiger partial charge in [0.2, 0.25) is 0 Å². The number of H-pyrrole nitrogens is 1. The topological polar surface area (TPSA) is 41.6 Å². The van der Waals surface area contributed by atoms with Crippen molar-refractivity contribution in [3.05, 3.63) is 35.7 Å². The third kappa shape index (κ3) is 2.73. The van der Waals surface area contributed by atoms with Crippen molar-refractivity contribution in [3.8, 4) is 11.4 Å². The third-order valence-electron chi connectivity index (χ3n) is 2.77. The van der Waals surface area contributed by atoms with Gasteiger partial charge in [-0.05, 0) is 38.0 Å². The lowest BCUT2D eigenvalue weighted by Crippen LogP contribution is -1.85. The van der Waals surface area contributed by atoms with Gasteiger partial charge in [0.15, 0.2) is 0 Å². The average Bonchev–Trinajstić information content (AvgIpc) is 3.10. The van der Waals surface area contributed by atoms with E-state index in [2.05, 4.69) is 21.2 Å². The van der Waals surface area contributed by atoms with Crippen molar-refractivity contribution in [1.29, 1.82) is 0 Å². The van der Waals surface area contributed by atoms with E-state index < -0.39 is 0 Å².